The lowest BCUT2D eigenvalue weighted by Crippen LogP contribution is -2.26. The van der Waals surface area contributed by atoms with E-state index in [-0.39, 0.29) is 5.91 Å². The molecule has 1 amide bonds. The topological polar surface area (TPSA) is 59.8 Å². The predicted octanol–water partition coefficient (Wildman–Crippen LogP) is 8.67. The van der Waals surface area contributed by atoms with Crippen molar-refractivity contribution >= 4 is 16.9 Å². The van der Waals surface area contributed by atoms with Crippen molar-refractivity contribution in [3.8, 4) is 0 Å². The van der Waals surface area contributed by atoms with Gasteiger partial charge >= 0.3 is 0 Å². The van der Waals surface area contributed by atoms with Gasteiger partial charge in [-0.2, -0.15) is 0 Å². The molecule has 38 heavy (non-hydrogen) atoms. The molecule has 0 aliphatic rings. The zero-order valence-electron chi connectivity index (χ0n) is 23.8. The minimum atomic E-state index is -0.0847. The van der Waals surface area contributed by atoms with E-state index in [4.69, 9.17) is 4.98 Å². The molecule has 1 N–H and O–H groups in total. The number of hydrogen-bond donors (Lipinski definition) is 1. The Kier molecular flexibility index (Phi) is 14.6. The van der Waals surface area contributed by atoms with E-state index in [1.165, 1.54) is 108 Å². The van der Waals surface area contributed by atoms with E-state index in [0.29, 0.717) is 12.1 Å². The number of amides is 1. The maximum atomic E-state index is 12.4. The van der Waals surface area contributed by atoms with E-state index in [0.717, 1.165) is 24.3 Å². The first-order chi connectivity index (χ1) is 18.8. The summed E-state index contributed by atoms with van der Waals surface area (Å²) in [6.07, 6.45) is 26.1. The molecule has 208 valence electrons. The number of benzene rings is 1. The van der Waals surface area contributed by atoms with E-state index in [9.17, 15) is 4.79 Å². The van der Waals surface area contributed by atoms with Crippen LogP contribution in [-0.2, 0) is 13.0 Å². The van der Waals surface area contributed by atoms with Crippen LogP contribution in [-0.4, -0.2) is 27.0 Å². The summed E-state index contributed by atoms with van der Waals surface area (Å²) in [4.78, 5) is 21.3. The fourth-order valence-corrected chi connectivity index (χ4v) is 5.27. The lowest BCUT2D eigenvalue weighted by molar-refractivity contribution is 0.0953. The lowest BCUT2D eigenvalue weighted by atomic mass is 10.0. The van der Waals surface area contributed by atoms with E-state index < -0.39 is 0 Å². The van der Waals surface area contributed by atoms with Gasteiger partial charge in [-0.1, -0.05) is 115 Å². The van der Waals surface area contributed by atoms with E-state index in [1.54, 1.807) is 24.5 Å². The van der Waals surface area contributed by atoms with Gasteiger partial charge in [0.05, 0.1) is 16.6 Å². The number of carbonyl (C=O) groups is 1. The van der Waals surface area contributed by atoms with Crippen molar-refractivity contribution in [3.05, 3.63) is 60.2 Å². The number of carbonyl (C=O) groups excluding carboxylic acids is 1. The van der Waals surface area contributed by atoms with Gasteiger partial charge in [-0.05, 0) is 30.7 Å². The molecule has 1 aromatic carbocycles. The van der Waals surface area contributed by atoms with Gasteiger partial charge in [-0.3, -0.25) is 9.78 Å². The van der Waals surface area contributed by atoms with Crippen LogP contribution in [0.15, 0.2) is 48.8 Å². The molecular weight excluding hydrogens is 468 g/mol. The molecule has 0 saturated carbocycles. The Morgan fingerprint density at radius 3 is 1.97 bits per heavy atom. The molecule has 2 heterocycles. The largest absolute Gasteiger partial charge is 0.352 e. The van der Waals surface area contributed by atoms with Crippen molar-refractivity contribution in [1.29, 1.82) is 0 Å². The summed E-state index contributed by atoms with van der Waals surface area (Å²) in [6, 6.07) is 11.9. The minimum Gasteiger partial charge on any atom is -0.352 e. The Hall–Kier alpha value is -2.69. The molecule has 2 aromatic heterocycles. The molecule has 3 rings (SSSR count). The fraction of sp³-hybridized carbons (Fsp3) is 0.606. The molecular formula is C33H50N4O. The van der Waals surface area contributed by atoms with Crippen LogP contribution < -0.4 is 5.32 Å². The van der Waals surface area contributed by atoms with Gasteiger partial charge in [-0.25, -0.2) is 4.98 Å². The van der Waals surface area contributed by atoms with Crippen LogP contribution in [0.2, 0.25) is 0 Å². The smallest absolute Gasteiger partial charge is 0.252 e. The number of rotatable bonds is 21. The van der Waals surface area contributed by atoms with Crippen molar-refractivity contribution < 1.29 is 4.79 Å². The number of aryl methyl sites for hydroxylation is 1. The minimum absolute atomic E-state index is 0.0847. The molecule has 0 radical (unpaired) electrons. The molecule has 0 fully saturated rings. The zero-order valence-corrected chi connectivity index (χ0v) is 23.8. The quantitative estimate of drug-likeness (QED) is 0.144. The summed E-state index contributed by atoms with van der Waals surface area (Å²) in [5.41, 5.74) is 2.83. The van der Waals surface area contributed by atoms with Gasteiger partial charge in [0.15, 0.2) is 0 Å². The van der Waals surface area contributed by atoms with Gasteiger partial charge in [0.25, 0.3) is 5.91 Å². The van der Waals surface area contributed by atoms with Gasteiger partial charge in [0.2, 0.25) is 0 Å². The van der Waals surface area contributed by atoms with Crippen LogP contribution >= 0.6 is 0 Å². The highest BCUT2D eigenvalue weighted by Crippen LogP contribution is 2.19. The van der Waals surface area contributed by atoms with Crippen molar-refractivity contribution in [2.75, 3.05) is 6.54 Å². The number of nitrogens with one attached hydrogen (secondary N) is 1. The van der Waals surface area contributed by atoms with Crippen LogP contribution in [0.25, 0.3) is 11.0 Å². The van der Waals surface area contributed by atoms with Gasteiger partial charge < -0.3 is 9.88 Å². The van der Waals surface area contributed by atoms with E-state index >= 15 is 0 Å². The normalized spacial score (nSPS) is 11.3. The second-order valence-corrected chi connectivity index (χ2v) is 10.7. The van der Waals surface area contributed by atoms with Crippen LogP contribution in [0.1, 0.15) is 126 Å². The summed E-state index contributed by atoms with van der Waals surface area (Å²) in [5.74, 6) is 0.970. The highest BCUT2D eigenvalue weighted by Gasteiger charge is 2.11. The standard InChI is InChI=1S/C33H50N4O/c1-2-3-4-5-6-7-8-9-10-11-12-13-14-15-16-19-27-37-31-23-18-17-22-30(31)36-32(37)24-26-35-33(38)29-21-20-25-34-28-29/h17-18,20-23,25,28H,2-16,19,24,26-27H2,1H3,(H,35,38). The maximum absolute atomic E-state index is 12.4. The van der Waals surface area contributed by atoms with Crippen molar-refractivity contribution in [2.45, 2.75) is 123 Å². The van der Waals surface area contributed by atoms with Crippen LogP contribution in [0.5, 0.6) is 0 Å². The number of para-hydroxylation sites is 2. The van der Waals surface area contributed by atoms with E-state index in [2.05, 4.69) is 40.0 Å². The Morgan fingerprint density at radius 2 is 1.37 bits per heavy atom. The summed E-state index contributed by atoms with van der Waals surface area (Å²) in [7, 11) is 0. The average Bonchev–Trinajstić information content (AvgIpc) is 3.30. The molecule has 0 unspecified atom stereocenters. The van der Waals surface area contributed by atoms with Gasteiger partial charge in [-0.15, -0.1) is 0 Å². The van der Waals surface area contributed by atoms with E-state index in [1.807, 2.05) is 6.07 Å². The molecule has 0 spiro atoms. The highest BCUT2D eigenvalue weighted by molar-refractivity contribution is 5.93. The number of nitrogens with zero attached hydrogens (tertiary/aromatic N) is 3. The summed E-state index contributed by atoms with van der Waals surface area (Å²) >= 11 is 0. The number of pyridine rings is 1. The Morgan fingerprint density at radius 1 is 0.763 bits per heavy atom. The third kappa shape index (κ3) is 11.0. The number of fused-ring (bicyclic) bond motifs is 1. The average molecular weight is 519 g/mol. The van der Waals surface area contributed by atoms with Crippen LogP contribution in [0, 0.1) is 0 Å². The Balaban J connectivity index is 1.27. The highest BCUT2D eigenvalue weighted by atomic mass is 16.1. The molecule has 3 aromatic rings. The number of imidazole rings is 1. The van der Waals surface area contributed by atoms with Crippen molar-refractivity contribution in [3.63, 3.8) is 0 Å². The van der Waals surface area contributed by atoms with Crippen LogP contribution in [0.4, 0.5) is 0 Å². The number of hydrogen-bond acceptors (Lipinski definition) is 3. The molecule has 0 bridgehead atoms. The Labute approximate surface area is 230 Å². The summed E-state index contributed by atoms with van der Waals surface area (Å²) in [6.45, 7) is 3.84. The molecule has 0 atom stereocenters. The zero-order chi connectivity index (χ0) is 26.7. The number of unbranched alkanes of at least 4 members (excludes halogenated alkanes) is 15. The summed E-state index contributed by atoms with van der Waals surface area (Å²) < 4.78 is 2.36. The van der Waals surface area contributed by atoms with Crippen molar-refractivity contribution in [1.82, 2.24) is 19.9 Å². The Bertz CT molecular complexity index is 1030. The maximum Gasteiger partial charge on any atom is 0.252 e. The lowest BCUT2D eigenvalue weighted by Gasteiger charge is -2.10. The summed E-state index contributed by atoms with van der Waals surface area (Å²) in [5, 5.41) is 3.01. The first kappa shape index (κ1) is 29.9. The first-order valence-corrected chi connectivity index (χ1v) is 15.4. The molecule has 0 aliphatic heterocycles. The van der Waals surface area contributed by atoms with Gasteiger partial charge in [0.1, 0.15) is 5.82 Å². The van der Waals surface area contributed by atoms with Crippen molar-refractivity contribution in [2.24, 2.45) is 0 Å². The molecule has 0 aliphatic carbocycles. The second-order valence-electron chi connectivity index (χ2n) is 10.7. The molecule has 5 heteroatoms. The third-order valence-electron chi connectivity index (χ3n) is 7.53. The molecule has 0 saturated heterocycles. The predicted molar refractivity (Wildman–Crippen MR) is 160 cm³/mol. The third-order valence-corrected chi connectivity index (χ3v) is 7.53. The number of aromatic nitrogens is 3. The van der Waals surface area contributed by atoms with Gasteiger partial charge in [0, 0.05) is 31.9 Å². The molecule has 5 nitrogen and oxygen atoms in total. The fourth-order valence-electron chi connectivity index (χ4n) is 5.27. The second kappa shape index (κ2) is 18.5. The monoisotopic (exact) mass is 518 g/mol. The SMILES string of the molecule is CCCCCCCCCCCCCCCCCCn1c(CCNC(=O)c2cccnc2)nc2ccccc21. The first-order valence-electron chi connectivity index (χ1n) is 15.4. The van der Waals surface area contributed by atoms with Crippen LogP contribution in [0.3, 0.4) is 0 Å².